The standard InChI is InChI=1S/C21H22N2O3S2/c1-4-6-15-9-11-16(12-10-15)19-14(2)27-21(22-19)23-20(24)17-7-5-8-18(13-17)28(3,25)26/h5,7-13H,4,6H2,1-3H3,(H,22,23,24). The van der Waals surface area contributed by atoms with E-state index in [4.69, 9.17) is 0 Å². The average molecular weight is 415 g/mol. The maximum atomic E-state index is 12.5. The van der Waals surface area contributed by atoms with Gasteiger partial charge in [0, 0.05) is 22.3 Å². The van der Waals surface area contributed by atoms with Crippen molar-refractivity contribution in [2.45, 2.75) is 31.6 Å². The molecule has 7 heteroatoms. The van der Waals surface area contributed by atoms with Crippen LogP contribution in [0.4, 0.5) is 5.13 Å². The highest BCUT2D eigenvalue weighted by molar-refractivity contribution is 7.90. The number of sulfone groups is 1. The Balaban J connectivity index is 1.81. The molecule has 1 amide bonds. The third-order valence-electron chi connectivity index (χ3n) is 4.31. The number of benzene rings is 2. The lowest BCUT2D eigenvalue weighted by molar-refractivity contribution is 0.102. The van der Waals surface area contributed by atoms with Crippen LogP contribution in [0.3, 0.4) is 0 Å². The quantitative estimate of drug-likeness (QED) is 0.633. The SMILES string of the molecule is CCCc1ccc(-c2nc(NC(=O)c3cccc(S(C)(=O)=O)c3)sc2C)cc1. The van der Waals surface area contributed by atoms with Gasteiger partial charge in [-0.1, -0.05) is 43.7 Å². The number of rotatable bonds is 6. The van der Waals surface area contributed by atoms with E-state index in [2.05, 4.69) is 29.4 Å². The van der Waals surface area contributed by atoms with Gasteiger partial charge in [0.1, 0.15) is 0 Å². The van der Waals surface area contributed by atoms with Gasteiger partial charge >= 0.3 is 0 Å². The van der Waals surface area contributed by atoms with Crippen LogP contribution in [0.5, 0.6) is 0 Å². The van der Waals surface area contributed by atoms with Crippen molar-refractivity contribution >= 4 is 32.2 Å². The predicted molar refractivity (Wildman–Crippen MR) is 114 cm³/mol. The van der Waals surface area contributed by atoms with Gasteiger partial charge in [0.25, 0.3) is 5.91 Å². The van der Waals surface area contributed by atoms with E-state index >= 15 is 0 Å². The van der Waals surface area contributed by atoms with Crippen LogP contribution in [-0.2, 0) is 16.3 Å². The highest BCUT2D eigenvalue weighted by Gasteiger charge is 2.15. The van der Waals surface area contributed by atoms with Crippen molar-refractivity contribution in [3.63, 3.8) is 0 Å². The Morgan fingerprint density at radius 2 is 1.86 bits per heavy atom. The van der Waals surface area contributed by atoms with Gasteiger partial charge in [0.15, 0.2) is 15.0 Å². The van der Waals surface area contributed by atoms with E-state index < -0.39 is 9.84 Å². The molecule has 5 nitrogen and oxygen atoms in total. The van der Waals surface area contributed by atoms with Crippen molar-refractivity contribution in [3.05, 3.63) is 64.5 Å². The summed E-state index contributed by atoms with van der Waals surface area (Å²) in [6.07, 6.45) is 3.27. The fourth-order valence-electron chi connectivity index (χ4n) is 2.87. The lowest BCUT2D eigenvalue weighted by Gasteiger charge is -2.04. The van der Waals surface area contributed by atoms with Crippen LogP contribution >= 0.6 is 11.3 Å². The molecule has 0 spiro atoms. The van der Waals surface area contributed by atoms with Crippen molar-refractivity contribution in [2.24, 2.45) is 0 Å². The van der Waals surface area contributed by atoms with Crippen LogP contribution in [0, 0.1) is 6.92 Å². The second-order valence-electron chi connectivity index (χ2n) is 6.62. The van der Waals surface area contributed by atoms with Gasteiger partial charge in [-0.3, -0.25) is 10.1 Å². The summed E-state index contributed by atoms with van der Waals surface area (Å²) in [4.78, 5) is 18.2. The van der Waals surface area contributed by atoms with Crippen LogP contribution in [0.2, 0.25) is 0 Å². The van der Waals surface area contributed by atoms with Crippen LogP contribution in [0.25, 0.3) is 11.3 Å². The molecular formula is C21H22N2O3S2. The van der Waals surface area contributed by atoms with E-state index in [-0.39, 0.29) is 16.4 Å². The monoisotopic (exact) mass is 414 g/mol. The number of aromatic nitrogens is 1. The molecule has 0 bridgehead atoms. The average Bonchev–Trinajstić information content (AvgIpc) is 3.02. The Hall–Kier alpha value is -2.51. The summed E-state index contributed by atoms with van der Waals surface area (Å²) in [6.45, 7) is 4.12. The molecule has 3 rings (SSSR count). The molecule has 0 fully saturated rings. The summed E-state index contributed by atoms with van der Waals surface area (Å²) in [5.41, 5.74) is 3.42. The first kappa shape index (κ1) is 20.2. The van der Waals surface area contributed by atoms with Crippen LogP contribution < -0.4 is 5.32 Å². The molecule has 1 aromatic heterocycles. The Kier molecular flexibility index (Phi) is 5.96. The molecular weight excluding hydrogens is 392 g/mol. The number of amides is 1. The molecule has 28 heavy (non-hydrogen) atoms. The number of hydrogen-bond donors (Lipinski definition) is 1. The van der Waals surface area contributed by atoms with Crippen molar-refractivity contribution < 1.29 is 13.2 Å². The molecule has 1 N–H and O–H groups in total. The smallest absolute Gasteiger partial charge is 0.257 e. The number of thiazole rings is 1. The topological polar surface area (TPSA) is 76.1 Å². The summed E-state index contributed by atoms with van der Waals surface area (Å²) in [5, 5.41) is 3.26. The zero-order chi connectivity index (χ0) is 20.3. The van der Waals surface area contributed by atoms with E-state index in [0.717, 1.165) is 35.2 Å². The number of anilines is 1. The summed E-state index contributed by atoms with van der Waals surface area (Å²) >= 11 is 1.40. The molecule has 0 radical (unpaired) electrons. The fraction of sp³-hybridized carbons (Fsp3) is 0.238. The Labute approximate surface area is 169 Å². The number of aryl methyl sites for hydroxylation is 2. The second-order valence-corrected chi connectivity index (χ2v) is 9.84. The van der Waals surface area contributed by atoms with Gasteiger partial charge in [-0.15, -0.1) is 11.3 Å². The summed E-state index contributed by atoms with van der Waals surface area (Å²) in [6, 6.07) is 14.3. The zero-order valence-corrected chi connectivity index (χ0v) is 17.7. The van der Waals surface area contributed by atoms with Crippen molar-refractivity contribution in [1.29, 1.82) is 0 Å². The molecule has 0 aliphatic heterocycles. The molecule has 2 aromatic carbocycles. The number of carbonyl (C=O) groups is 1. The van der Waals surface area contributed by atoms with Gasteiger partial charge in [-0.2, -0.15) is 0 Å². The highest BCUT2D eigenvalue weighted by atomic mass is 32.2. The van der Waals surface area contributed by atoms with E-state index in [1.165, 1.54) is 29.0 Å². The zero-order valence-electron chi connectivity index (χ0n) is 16.0. The first-order chi connectivity index (χ1) is 13.3. The van der Waals surface area contributed by atoms with Crippen LogP contribution in [0.1, 0.15) is 34.1 Å². The van der Waals surface area contributed by atoms with Crippen molar-refractivity contribution in [2.75, 3.05) is 11.6 Å². The van der Waals surface area contributed by atoms with Gasteiger partial charge in [-0.25, -0.2) is 13.4 Å². The first-order valence-electron chi connectivity index (χ1n) is 8.96. The molecule has 0 unspecified atom stereocenters. The molecule has 0 aliphatic rings. The number of hydrogen-bond acceptors (Lipinski definition) is 5. The van der Waals surface area contributed by atoms with Gasteiger partial charge < -0.3 is 0 Å². The second kappa shape index (κ2) is 8.24. The summed E-state index contributed by atoms with van der Waals surface area (Å²) in [7, 11) is -3.37. The van der Waals surface area contributed by atoms with Crippen LogP contribution in [0.15, 0.2) is 53.4 Å². The lowest BCUT2D eigenvalue weighted by Crippen LogP contribution is -2.12. The summed E-state index contributed by atoms with van der Waals surface area (Å²) < 4.78 is 23.4. The largest absolute Gasteiger partial charge is 0.298 e. The summed E-state index contributed by atoms with van der Waals surface area (Å²) in [5.74, 6) is -0.385. The van der Waals surface area contributed by atoms with Crippen LogP contribution in [-0.4, -0.2) is 25.6 Å². The van der Waals surface area contributed by atoms with Crippen molar-refractivity contribution in [1.82, 2.24) is 4.98 Å². The van der Waals surface area contributed by atoms with E-state index in [1.54, 1.807) is 12.1 Å². The Bertz CT molecular complexity index is 1100. The normalized spacial score (nSPS) is 11.4. The maximum absolute atomic E-state index is 12.5. The minimum absolute atomic E-state index is 0.114. The maximum Gasteiger partial charge on any atom is 0.257 e. The van der Waals surface area contributed by atoms with Crippen molar-refractivity contribution in [3.8, 4) is 11.3 Å². The fourth-order valence-corrected chi connectivity index (χ4v) is 4.37. The first-order valence-corrected chi connectivity index (χ1v) is 11.7. The van der Waals surface area contributed by atoms with E-state index in [0.29, 0.717) is 5.13 Å². The van der Waals surface area contributed by atoms with Gasteiger partial charge in [0.2, 0.25) is 0 Å². The number of carbonyl (C=O) groups excluding carboxylic acids is 1. The molecule has 0 saturated heterocycles. The lowest BCUT2D eigenvalue weighted by atomic mass is 10.1. The Morgan fingerprint density at radius 3 is 2.50 bits per heavy atom. The predicted octanol–water partition coefficient (Wildman–Crippen LogP) is 4.73. The molecule has 0 aliphatic carbocycles. The molecule has 0 saturated carbocycles. The third kappa shape index (κ3) is 4.66. The van der Waals surface area contributed by atoms with Gasteiger partial charge in [0.05, 0.1) is 10.6 Å². The number of nitrogens with one attached hydrogen (secondary N) is 1. The number of nitrogens with zero attached hydrogens (tertiary/aromatic N) is 1. The van der Waals surface area contributed by atoms with E-state index in [1.807, 2.05) is 19.1 Å². The third-order valence-corrected chi connectivity index (χ3v) is 6.30. The Morgan fingerprint density at radius 1 is 1.14 bits per heavy atom. The van der Waals surface area contributed by atoms with E-state index in [9.17, 15) is 13.2 Å². The van der Waals surface area contributed by atoms with Gasteiger partial charge in [-0.05, 0) is 37.1 Å². The highest BCUT2D eigenvalue weighted by Crippen LogP contribution is 2.31. The minimum atomic E-state index is -3.37. The minimum Gasteiger partial charge on any atom is -0.298 e. The molecule has 3 aromatic rings. The molecule has 1 heterocycles. The molecule has 146 valence electrons. The molecule has 0 atom stereocenters.